The van der Waals surface area contributed by atoms with Gasteiger partial charge in [-0.1, -0.05) is 6.07 Å². The normalized spacial score (nSPS) is 17.2. The summed E-state index contributed by atoms with van der Waals surface area (Å²) >= 11 is 0. The number of aromatic nitrogens is 1. The molecule has 1 aromatic carbocycles. The first-order valence-corrected chi connectivity index (χ1v) is 9.82. The summed E-state index contributed by atoms with van der Waals surface area (Å²) in [7, 11) is 0. The van der Waals surface area contributed by atoms with Crippen LogP contribution in [0.3, 0.4) is 0 Å². The Labute approximate surface area is 180 Å². The van der Waals surface area contributed by atoms with Gasteiger partial charge in [0, 0.05) is 43.4 Å². The number of aliphatic hydroxyl groups is 2. The van der Waals surface area contributed by atoms with E-state index in [1.54, 1.807) is 0 Å². The molecule has 174 valence electrons. The average molecular weight is 459 g/mol. The van der Waals surface area contributed by atoms with Gasteiger partial charge >= 0.3 is 12.2 Å². The van der Waals surface area contributed by atoms with E-state index in [-0.39, 0.29) is 42.7 Å². The van der Waals surface area contributed by atoms with Gasteiger partial charge in [-0.3, -0.25) is 4.98 Å². The minimum Gasteiger partial charge on any atom is -0.393 e. The van der Waals surface area contributed by atoms with Crippen LogP contribution in [0.15, 0.2) is 30.5 Å². The van der Waals surface area contributed by atoms with Crippen molar-refractivity contribution in [3.63, 3.8) is 0 Å². The lowest BCUT2D eigenvalue weighted by atomic mass is 9.89. The van der Waals surface area contributed by atoms with E-state index < -0.39 is 47.7 Å². The molecule has 1 saturated heterocycles. The Bertz CT molecular complexity index is 991. The molecular formula is C21H22F5N3O3. The van der Waals surface area contributed by atoms with E-state index in [0.717, 1.165) is 18.3 Å². The number of aliphatic hydroxyl groups excluding tert-OH is 2. The topological polar surface area (TPSA) is 85.7 Å². The molecule has 2 amide bonds. The smallest absolute Gasteiger partial charge is 0.393 e. The minimum atomic E-state index is -4.57. The van der Waals surface area contributed by atoms with Crippen molar-refractivity contribution in [1.29, 1.82) is 0 Å². The number of carbonyl (C=O) groups is 1. The van der Waals surface area contributed by atoms with Crippen molar-refractivity contribution in [3.8, 4) is 0 Å². The summed E-state index contributed by atoms with van der Waals surface area (Å²) in [5.41, 5.74) is -3.51. The number of hydrogen-bond acceptors (Lipinski definition) is 4. The summed E-state index contributed by atoms with van der Waals surface area (Å²) in [6.45, 7) is 0.450. The average Bonchev–Trinajstić information content (AvgIpc) is 2.73. The van der Waals surface area contributed by atoms with Gasteiger partial charge < -0.3 is 20.4 Å². The van der Waals surface area contributed by atoms with Gasteiger partial charge in [0.2, 0.25) is 0 Å². The summed E-state index contributed by atoms with van der Waals surface area (Å²) in [6.07, 6.45) is -5.37. The van der Waals surface area contributed by atoms with Crippen LogP contribution in [0.4, 0.5) is 32.4 Å². The highest BCUT2D eigenvalue weighted by molar-refractivity contribution is 5.89. The quantitative estimate of drug-likeness (QED) is 0.602. The fourth-order valence-electron chi connectivity index (χ4n) is 3.58. The number of hydrogen-bond donors (Lipinski definition) is 3. The number of piperidine rings is 1. The van der Waals surface area contributed by atoms with E-state index in [9.17, 15) is 27.5 Å². The number of halogens is 5. The Morgan fingerprint density at radius 1 is 1.28 bits per heavy atom. The highest BCUT2D eigenvalue weighted by atomic mass is 19.4. The third kappa shape index (κ3) is 4.99. The van der Waals surface area contributed by atoms with Crippen LogP contribution < -0.4 is 5.32 Å². The van der Waals surface area contributed by atoms with Crippen molar-refractivity contribution in [2.75, 3.05) is 25.0 Å². The molecule has 1 fully saturated rings. The summed E-state index contributed by atoms with van der Waals surface area (Å²) in [5, 5.41) is 20.9. The maximum absolute atomic E-state index is 15.4. The van der Waals surface area contributed by atoms with Crippen LogP contribution in [-0.4, -0.2) is 45.8 Å². The Balaban J connectivity index is 1.67. The number of nitrogens with one attached hydrogen (secondary N) is 1. The first-order valence-electron chi connectivity index (χ1n) is 9.82. The Morgan fingerprint density at radius 3 is 2.50 bits per heavy atom. The fraction of sp³-hybridized carbons (Fsp3) is 0.429. The van der Waals surface area contributed by atoms with Gasteiger partial charge in [-0.2, -0.15) is 13.2 Å². The van der Waals surface area contributed by atoms with Crippen LogP contribution in [0.1, 0.15) is 41.3 Å². The molecule has 2 aromatic rings. The number of carbonyl (C=O) groups excluding carboxylic acids is 1. The predicted molar refractivity (Wildman–Crippen MR) is 105 cm³/mol. The molecule has 1 aliphatic heterocycles. The van der Waals surface area contributed by atoms with Gasteiger partial charge in [0.25, 0.3) is 0 Å². The number of urea groups is 1. The molecular weight excluding hydrogens is 437 g/mol. The van der Waals surface area contributed by atoms with Crippen molar-refractivity contribution < 1.29 is 37.0 Å². The number of rotatable bonds is 4. The van der Waals surface area contributed by atoms with Crippen molar-refractivity contribution in [2.24, 2.45) is 0 Å². The highest BCUT2D eigenvalue weighted by Crippen LogP contribution is 2.38. The molecule has 0 radical (unpaired) electrons. The number of alkyl halides is 4. The second-order valence-corrected chi connectivity index (χ2v) is 7.71. The molecule has 2 heterocycles. The van der Waals surface area contributed by atoms with E-state index in [1.165, 1.54) is 24.0 Å². The van der Waals surface area contributed by atoms with Gasteiger partial charge in [0.05, 0.1) is 12.2 Å². The zero-order valence-electron chi connectivity index (χ0n) is 17.1. The van der Waals surface area contributed by atoms with Crippen LogP contribution in [0, 0.1) is 12.7 Å². The Kier molecular flexibility index (Phi) is 6.70. The number of aryl methyl sites for hydroxylation is 1. The highest BCUT2D eigenvalue weighted by Gasteiger charge is 2.41. The lowest BCUT2D eigenvalue weighted by Crippen LogP contribution is -2.45. The second kappa shape index (κ2) is 8.99. The van der Waals surface area contributed by atoms with E-state index in [0.29, 0.717) is 0 Å². The number of anilines is 1. The monoisotopic (exact) mass is 459 g/mol. The zero-order chi connectivity index (χ0) is 23.7. The standard InChI is InChI=1S/C21H22F5N3O3/c1-12-2-3-14(9-15(12)21(24,25)26)28-19(32)29-6-4-20(23,5-7-29)18-16(22)8-13(10-27-18)17(31)11-30/h2-3,8-10,17,30-31H,4-7,11H2,1H3,(H,28,32)/t17-/m0/s1. The van der Waals surface area contributed by atoms with Crippen LogP contribution in [0.5, 0.6) is 0 Å². The third-order valence-electron chi connectivity index (χ3n) is 5.48. The van der Waals surface area contributed by atoms with E-state index >= 15 is 4.39 Å². The number of nitrogens with zero attached hydrogens (tertiary/aromatic N) is 2. The van der Waals surface area contributed by atoms with E-state index in [2.05, 4.69) is 10.3 Å². The number of benzene rings is 1. The van der Waals surface area contributed by atoms with Crippen molar-refractivity contribution in [3.05, 3.63) is 58.7 Å². The first-order chi connectivity index (χ1) is 14.9. The molecule has 0 bridgehead atoms. The molecule has 6 nitrogen and oxygen atoms in total. The zero-order valence-corrected chi connectivity index (χ0v) is 17.1. The molecule has 0 aliphatic carbocycles. The van der Waals surface area contributed by atoms with Gasteiger partial charge in [0.15, 0.2) is 5.67 Å². The van der Waals surface area contributed by atoms with E-state index in [4.69, 9.17) is 5.11 Å². The largest absolute Gasteiger partial charge is 0.416 e. The molecule has 0 unspecified atom stereocenters. The molecule has 1 aromatic heterocycles. The molecule has 0 saturated carbocycles. The second-order valence-electron chi connectivity index (χ2n) is 7.71. The third-order valence-corrected chi connectivity index (χ3v) is 5.48. The van der Waals surface area contributed by atoms with Gasteiger partial charge in [-0.25, -0.2) is 13.6 Å². The molecule has 11 heteroatoms. The SMILES string of the molecule is Cc1ccc(NC(=O)N2CCC(F)(c3ncc([C@@H](O)CO)cc3F)CC2)cc1C(F)(F)F. The summed E-state index contributed by atoms with van der Waals surface area (Å²) in [4.78, 5) is 17.5. The summed E-state index contributed by atoms with van der Waals surface area (Å²) in [5.74, 6) is -0.977. The van der Waals surface area contributed by atoms with Crippen molar-refractivity contribution >= 4 is 11.7 Å². The summed E-state index contributed by atoms with van der Waals surface area (Å²) < 4.78 is 69.0. The number of amides is 2. The molecule has 0 spiro atoms. The first kappa shape index (κ1) is 23.9. The van der Waals surface area contributed by atoms with Crippen molar-refractivity contribution in [2.45, 2.75) is 37.7 Å². The van der Waals surface area contributed by atoms with E-state index in [1.807, 2.05) is 0 Å². The molecule has 1 aliphatic rings. The van der Waals surface area contributed by atoms with Crippen molar-refractivity contribution in [1.82, 2.24) is 9.88 Å². The van der Waals surface area contributed by atoms with Crippen LogP contribution in [0.2, 0.25) is 0 Å². The van der Waals surface area contributed by atoms with Crippen LogP contribution >= 0.6 is 0 Å². The lowest BCUT2D eigenvalue weighted by molar-refractivity contribution is -0.138. The molecule has 32 heavy (non-hydrogen) atoms. The predicted octanol–water partition coefficient (Wildman–Crippen LogP) is 4.07. The minimum absolute atomic E-state index is 0.00508. The Morgan fingerprint density at radius 2 is 1.94 bits per heavy atom. The van der Waals surface area contributed by atoms with Gasteiger partial charge in [0.1, 0.15) is 17.6 Å². The molecule has 3 N–H and O–H groups in total. The number of likely N-dealkylation sites (tertiary alicyclic amines) is 1. The van der Waals surface area contributed by atoms with Gasteiger partial charge in [-0.15, -0.1) is 0 Å². The van der Waals surface area contributed by atoms with Gasteiger partial charge in [-0.05, 0) is 30.7 Å². The lowest BCUT2D eigenvalue weighted by Gasteiger charge is -2.36. The maximum atomic E-state index is 15.4. The molecule has 3 rings (SSSR count). The number of pyridine rings is 1. The molecule has 1 atom stereocenters. The Hall–Kier alpha value is -2.79. The van der Waals surface area contributed by atoms with Crippen LogP contribution in [0.25, 0.3) is 0 Å². The van der Waals surface area contributed by atoms with Crippen LogP contribution in [-0.2, 0) is 11.8 Å². The maximum Gasteiger partial charge on any atom is 0.416 e. The fourth-order valence-corrected chi connectivity index (χ4v) is 3.58. The summed E-state index contributed by atoms with van der Waals surface area (Å²) in [6, 6.07) is 3.62.